The lowest BCUT2D eigenvalue weighted by atomic mass is 10.1. The molecule has 6 heteroatoms. The Hall–Kier alpha value is -0.460. The Balaban J connectivity index is 3.64. The number of hydrogen-bond donors (Lipinski definition) is 3. The van der Waals surface area contributed by atoms with Crippen LogP contribution in [0.5, 0.6) is 0 Å². The fourth-order valence-electron chi connectivity index (χ4n) is 0.738. The smallest absolute Gasteiger partial charge is 0.336 e. The van der Waals surface area contributed by atoms with Crippen LogP contribution in [0.2, 0.25) is 0 Å². The quantitative estimate of drug-likeness (QED) is 0.491. The maximum atomic E-state index is 11.0. The van der Waals surface area contributed by atoms with E-state index in [0.717, 1.165) is 0 Å². The lowest BCUT2D eigenvalue weighted by Crippen LogP contribution is -2.45. The van der Waals surface area contributed by atoms with Crippen molar-refractivity contribution in [3.8, 4) is 0 Å². The van der Waals surface area contributed by atoms with E-state index in [0.29, 0.717) is 18.1 Å². The molecule has 0 amide bonds. The van der Waals surface area contributed by atoms with Crippen LogP contribution >= 0.6 is 0 Å². The highest BCUT2D eigenvalue weighted by Crippen LogP contribution is 2.00. The van der Waals surface area contributed by atoms with E-state index < -0.39 is 22.4 Å². The van der Waals surface area contributed by atoms with Gasteiger partial charge in [-0.2, -0.15) is 0 Å². The van der Waals surface area contributed by atoms with E-state index in [1.54, 1.807) is 0 Å². The van der Waals surface area contributed by atoms with Crippen LogP contribution in [-0.2, 0) is 15.6 Å². The van der Waals surface area contributed by atoms with Crippen molar-refractivity contribution in [2.75, 3.05) is 24.6 Å². The van der Waals surface area contributed by atoms with Gasteiger partial charge in [-0.05, 0) is 6.92 Å². The molecule has 0 fully saturated rings. The first-order valence-corrected chi connectivity index (χ1v) is 5.90. The van der Waals surface area contributed by atoms with Gasteiger partial charge in [-0.1, -0.05) is 6.92 Å². The lowest BCUT2D eigenvalue weighted by molar-refractivity contribution is -0.156. The minimum absolute atomic E-state index is 0.0384. The molecule has 0 aromatic heterocycles. The van der Waals surface area contributed by atoms with Crippen molar-refractivity contribution >= 4 is 16.8 Å². The molecule has 2 atom stereocenters. The first-order valence-electron chi connectivity index (χ1n) is 4.41. The summed E-state index contributed by atoms with van der Waals surface area (Å²) >= 11 is 0. The minimum Gasteiger partial charge on any atom is -0.479 e. The van der Waals surface area contributed by atoms with Crippen LogP contribution in [0.4, 0.5) is 0 Å². The topological polar surface area (TPSA) is 86.6 Å². The van der Waals surface area contributed by atoms with E-state index in [-0.39, 0.29) is 6.54 Å². The van der Waals surface area contributed by atoms with Crippen LogP contribution in [0.25, 0.3) is 0 Å². The second-order valence-corrected chi connectivity index (χ2v) is 5.05. The summed E-state index contributed by atoms with van der Waals surface area (Å²) in [6, 6.07) is 0. The zero-order valence-corrected chi connectivity index (χ0v) is 9.26. The monoisotopic (exact) mass is 223 g/mol. The van der Waals surface area contributed by atoms with E-state index in [2.05, 4.69) is 5.32 Å². The molecular weight excluding hydrogens is 206 g/mol. The summed E-state index contributed by atoms with van der Waals surface area (Å²) in [6.45, 7) is 3.45. The summed E-state index contributed by atoms with van der Waals surface area (Å²) in [5, 5.41) is 20.6. The molecule has 14 heavy (non-hydrogen) atoms. The predicted molar refractivity (Wildman–Crippen MR) is 54.7 cm³/mol. The second-order valence-electron chi connectivity index (χ2n) is 3.19. The summed E-state index contributed by atoms with van der Waals surface area (Å²) < 4.78 is 11.0. The first-order chi connectivity index (χ1) is 6.40. The molecule has 2 unspecified atom stereocenters. The molecule has 0 aromatic carbocycles. The third-order valence-corrected chi connectivity index (χ3v) is 3.06. The Labute approximate surface area is 86.0 Å². The second kappa shape index (κ2) is 6.10. The average molecular weight is 223 g/mol. The number of aliphatic hydroxyl groups is 1. The molecule has 84 valence electrons. The van der Waals surface area contributed by atoms with E-state index in [1.165, 1.54) is 6.92 Å². The van der Waals surface area contributed by atoms with E-state index in [9.17, 15) is 14.1 Å². The number of rotatable bonds is 7. The molecule has 5 nitrogen and oxygen atoms in total. The number of nitrogens with one attached hydrogen (secondary N) is 1. The summed E-state index contributed by atoms with van der Waals surface area (Å²) in [7, 11) is -0.858. The predicted octanol–water partition coefficient (Wildman–Crippen LogP) is -0.820. The average Bonchev–Trinajstić information content (AvgIpc) is 2.11. The van der Waals surface area contributed by atoms with Gasteiger partial charge in [0.15, 0.2) is 5.60 Å². The molecule has 0 saturated heterocycles. The molecular formula is C8H17NO4S. The van der Waals surface area contributed by atoms with Crippen LogP contribution in [0.3, 0.4) is 0 Å². The third kappa shape index (κ3) is 5.31. The van der Waals surface area contributed by atoms with Crippen LogP contribution in [0, 0.1) is 0 Å². The van der Waals surface area contributed by atoms with Gasteiger partial charge in [0, 0.05) is 35.4 Å². The van der Waals surface area contributed by atoms with Crippen molar-refractivity contribution in [3.05, 3.63) is 0 Å². The molecule has 0 radical (unpaired) electrons. The molecule has 0 aliphatic rings. The summed E-state index contributed by atoms with van der Waals surface area (Å²) in [5.41, 5.74) is -1.76. The Morgan fingerprint density at radius 3 is 2.57 bits per heavy atom. The van der Waals surface area contributed by atoms with Crippen LogP contribution < -0.4 is 5.32 Å². The third-order valence-electron chi connectivity index (χ3n) is 1.76. The fraction of sp³-hybridized carbons (Fsp3) is 0.875. The van der Waals surface area contributed by atoms with Gasteiger partial charge in [0.25, 0.3) is 0 Å². The van der Waals surface area contributed by atoms with Crippen molar-refractivity contribution in [2.45, 2.75) is 19.4 Å². The van der Waals surface area contributed by atoms with Crippen molar-refractivity contribution in [1.82, 2.24) is 5.32 Å². The maximum absolute atomic E-state index is 11.0. The highest BCUT2D eigenvalue weighted by molar-refractivity contribution is 7.84. The van der Waals surface area contributed by atoms with Crippen LogP contribution in [0.1, 0.15) is 13.8 Å². The fourth-order valence-corrected chi connectivity index (χ4v) is 1.40. The first kappa shape index (κ1) is 13.5. The lowest BCUT2D eigenvalue weighted by Gasteiger charge is -2.18. The van der Waals surface area contributed by atoms with Crippen LogP contribution in [0.15, 0.2) is 0 Å². The van der Waals surface area contributed by atoms with Crippen molar-refractivity contribution < 1.29 is 19.2 Å². The van der Waals surface area contributed by atoms with Gasteiger partial charge in [-0.15, -0.1) is 0 Å². The SMILES string of the molecule is CCS(=O)CCNCC(C)(O)C(=O)O. The van der Waals surface area contributed by atoms with Gasteiger partial charge in [0.1, 0.15) is 0 Å². The molecule has 0 aliphatic carbocycles. The molecule has 0 spiro atoms. The van der Waals surface area contributed by atoms with E-state index in [4.69, 9.17) is 5.11 Å². The Morgan fingerprint density at radius 1 is 1.57 bits per heavy atom. The van der Waals surface area contributed by atoms with Gasteiger partial charge < -0.3 is 15.5 Å². The maximum Gasteiger partial charge on any atom is 0.336 e. The van der Waals surface area contributed by atoms with Gasteiger partial charge in [-0.25, -0.2) is 4.79 Å². The number of aliphatic carboxylic acids is 1. The highest BCUT2D eigenvalue weighted by Gasteiger charge is 2.28. The van der Waals surface area contributed by atoms with Crippen molar-refractivity contribution in [1.29, 1.82) is 0 Å². The van der Waals surface area contributed by atoms with E-state index in [1.807, 2.05) is 6.92 Å². The standard InChI is InChI=1S/C8H17NO4S/c1-3-14(13)5-4-9-6-8(2,12)7(10)11/h9,12H,3-6H2,1-2H3,(H,10,11). The molecule has 0 rings (SSSR count). The van der Waals surface area contributed by atoms with Crippen molar-refractivity contribution in [2.24, 2.45) is 0 Å². The zero-order valence-electron chi connectivity index (χ0n) is 8.45. The van der Waals surface area contributed by atoms with Gasteiger partial charge in [-0.3, -0.25) is 4.21 Å². The van der Waals surface area contributed by atoms with E-state index >= 15 is 0 Å². The van der Waals surface area contributed by atoms with Gasteiger partial charge >= 0.3 is 5.97 Å². The largest absolute Gasteiger partial charge is 0.479 e. The molecule has 0 aromatic rings. The summed E-state index contributed by atoms with van der Waals surface area (Å²) in [6.07, 6.45) is 0. The van der Waals surface area contributed by atoms with Crippen LogP contribution in [-0.4, -0.2) is 50.6 Å². The zero-order chi connectivity index (χ0) is 11.2. The molecule has 0 heterocycles. The Morgan fingerprint density at radius 2 is 2.14 bits per heavy atom. The normalized spacial score (nSPS) is 17.4. The summed E-state index contributed by atoms with van der Waals surface area (Å²) in [5.74, 6) is -0.190. The molecule has 3 N–H and O–H groups in total. The number of hydrogen-bond acceptors (Lipinski definition) is 4. The Bertz CT molecular complexity index is 217. The number of carbonyl (C=O) groups is 1. The van der Waals surface area contributed by atoms with Crippen molar-refractivity contribution in [3.63, 3.8) is 0 Å². The minimum atomic E-state index is -1.76. The highest BCUT2D eigenvalue weighted by atomic mass is 32.2. The summed E-state index contributed by atoms with van der Waals surface area (Å²) in [4.78, 5) is 10.5. The molecule has 0 aliphatic heterocycles. The Kier molecular flexibility index (Phi) is 5.90. The molecule has 0 bridgehead atoms. The van der Waals surface area contributed by atoms with Gasteiger partial charge in [0.05, 0.1) is 0 Å². The molecule has 0 saturated carbocycles. The van der Waals surface area contributed by atoms with Gasteiger partial charge in [0.2, 0.25) is 0 Å². The number of carboxylic acid groups (broad SMARTS) is 1. The number of carboxylic acids is 1.